The lowest BCUT2D eigenvalue weighted by Crippen LogP contribution is -2.45. The molecule has 1 saturated heterocycles. The molecule has 3 heterocycles. The van der Waals surface area contributed by atoms with Gasteiger partial charge in [-0.1, -0.05) is 20.3 Å². The molecular formula is C30H45N7O4. The van der Waals surface area contributed by atoms with Crippen molar-refractivity contribution in [3.8, 4) is 0 Å². The Balaban J connectivity index is 1.36. The molecule has 1 amide bonds. The number of hydrogen-bond donors (Lipinski definition) is 2. The zero-order chi connectivity index (χ0) is 29.7. The van der Waals surface area contributed by atoms with Crippen molar-refractivity contribution in [1.82, 2.24) is 24.9 Å². The summed E-state index contributed by atoms with van der Waals surface area (Å²) in [6, 6.07) is 5.81. The normalized spacial score (nSPS) is 18.3. The molecule has 2 aromatic heterocycles. The molecule has 0 saturated carbocycles. The molecule has 0 bridgehead atoms. The fourth-order valence-corrected chi connectivity index (χ4v) is 5.43. The molecule has 0 spiro atoms. The Morgan fingerprint density at radius 2 is 1.80 bits per heavy atom. The summed E-state index contributed by atoms with van der Waals surface area (Å²) in [7, 11) is 0. The second kappa shape index (κ2) is 13.5. The van der Waals surface area contributed by atoms with Crippen LogP contribution in [0.4, 0.5) is 16.3 Å². The van der Waals surface area contributed by atoms with E-state index in [1.807, 2.05) is 25.2 Å². The number of nitrogens with one attached hydrogen (secondary N) is 2. The number of amides is 1. The summed E-state index contributed by atoms with van der Waals surface area (Å²) in [6.45, 7) is 16.0. The topological polar surface area (TPSA) is 123 Å². The van der Waals surface area contributed by atoms with E-state index in [0.717, 1.165) is 54.9 Å². The van der Waals surface area contributed by atoms with Crippen molar-refractivity contribution in [2.45, 2.75) is 98.5 Å². The van der Waals surface area contributed by atoms with Crippen LogP contribution < -0.4 is 15.5 Å². The number of benzene rings is 1. The van der Waals surface area contributed by atoms with E-state index in [4.69, 9.17) is 14.5 Å². The van der Waals surface area contributed by atoms with E-state index in [9.17, 15) is 9.59 Å². The summed E-state index contributed by atoms with van der Waals surface area (Å²) in [4.78, 5) is 32.1. The zero-order valence-corrected chi connectivity index (χ0v) is 25.4. The number of Topliss-reactive ketones (excluding diaryl/α,β-unsaturated/α-hetero) is 1. The van der Waals surface area contributed by atoms with Crippen molar-refractivity contribution in [2.75, 3.05) is 29.9 Å². The molecule has 4 rings (SSSR count). The molecule has 2 N–H and O–H groups in total. The minimum absolute atomic E-state index is 0.00700. The maximum absolute atomic E-state index is 12.8. The van der Waals surface area contributed by atoms with Crippen LogP contribution in [0.3, 0.4) is 0 Å². The first kappa shape index (κ1) is 30.5. The van der Waals surface area contributed by atoms with Crippen LogP contribution in [0.2, 0.25) is 0 Å². The molecule has 11 nitrogen and oxygen atoms in total. The predicted molar refractivity (Wildman–Crippen MR) is 161 cm³/mol. The molecule has 1 fully saturated rings. The second-order valence-electron chi connectivity index (χ2n) is 11.7. The molecular weight excluding hydrogens is 522 g/mol. The van der Waals surface area contributed by atoms with Gasteiger partial charge < -0.3 is 25.0 Å². The van der Waals surface area contributed by atoms with E-state index in [-0.39, 0.29) is 30.0 Å². The van der Waals surface area contributed by atoms with Crippen molar-refractivity contribution < 1.29 is 19.1 Å². The Kier molecular flexibility index (Phi) is 10.0. The number of aromatic nitrogens is 4. The maximum atomic E-state index is 12.8. The third-order valence-corrected chi connectivity index (χ3v) is 7.28. The number of alkyl carbamates (subject to hydrolysis) is 1. The average Bonchev–Trinajstić information content (AvgIpc) is 3.29. The van der Waals surface area contributed by atoms with E-state index in [1.165, 1.54) is 0 Å². The summed E-state index contributed by atoms with van der Waals surface area (Å²) in [5, 5.41) is 14.9. The van der Waals surface area contributed by atoms with Gasteiger partial charge in [-0.2, -0.15) is 0 Å². The van der Waals surface area contributed by atoms with Gasteiger partial charge in [-0.3, -0.25) is 9.20 Å². The molecule has 1 aliphatic rings. The number of unbranched alkanes of at least 4 members (excludes halogenated alkanes) is 2. The van der Waals surface area contributed by atoms with Crippen LogP contribution in [-0.2, 0) is 14.3 Å². The lowest BCUT2D eigenvalue weighted by molar-refractivity contribution is -0.122. The summed E-state index contributed by atoms with van der Waals surface area (Å²) < 4.78 is 13.1. The number of fused-ring (bicyclic) bond motifs is 3. The van der Waals surface area contributed by atoms with Gasteiger partial charge in [-0.15, -0.1) is 10.2 Å². The highest BCUT2D eigenvalue weighted by molar-refractivity contribution is 5.88. The van der Waals surface area contributed by atoms with E-state index < -0.39 is 12.1 Å². The highest BCUT2D eigenvalue weighted by atomic mass is 16.6. The number of ether oxygens (including phenoxy) is 2. The molecule has 0 unspecified atom stereocenters. The first-order valence-electron chi connectivity index (χ1n) is 14.8. The SMILES string of the molecule is Cc1nnc2c(NCCCCCC(=O)[C@@H](NC(=O)OC(C)C)C(C)C)nc3cc(N4C[C@@H](C)O[C@@H](C)C4)ccc3n12. The van der Waals surface area contributed by atoms with Gasteiger partial charge >= 0.3 is 6.09 Å². The molecule has 1 aliphatic heterocycles. The number of rotatable bonds is 12. The summed E-state index contributed by atoms with van der Waals surface area (Å²) in [5.74, 6) is 1.53. The molecule has 3 atom stereocenters. The smallest absolute Gasteiger partial charge is 0.407 e. The van der Waals surface area contributed by atoms with Crippen molar-refractivity contribution in [2.24, 2.45) is 5.92 Å². The zero-order valence-electron chi connectivity index (χ0n) is 25.4. The lowest BCUT2D eigenvalue weighted by Gasteiger charge is -2.36. The third kappa shape index (κ3) is 7.63. The Bertz CT molecular complexity index is 1350. The standard InChI is InChI=1S/C30H45N7O4/c1-18(2)27(33-30(39)40-19(3)4)26(38)11-9-8-10-14-31-28-29-35-34-22(7)37(29)25-13-12-23(15-24(25)32-28)36-16-20(5)41-21(6)17-36/h12-13,15,18-21,27H,8-11,14,16-17H2,1-7H3,(H,31,32)(H,33,39)/t20-,21+,27-/m0/s1. The number of ketones is 1. The second-order valence-corrected chi connectivity index (χ2v) is 11.7. The van der Waals surface area contributed by atoms with Gasteiger partial charge in [0.15, 0.2) is 11.6 Å². The quantitative estimate of drug-likeness (QED) is 0.294. The number of aryl methyl sites for hydroxylation is 1. The highest BCUT2D eigenvalue weighted by Gasteiger charge is 2.25. The third-order valence-electron chi connectivity index (χ3n) is 7.28. The number of morpholine rings is 1. The monoisotopic (exact) mass is 567 g/mol. The minimum atomic E-state index is -0.546. The summed E-state index contributed by atoms with van der Waals surface area (Å²) in [6.07, 6.45) is 2.46. The summed E-state index contributed by atoms with van der Waals surface area (Å²) in [5.41, 5.74) is 3.67. The number of carbonyl (C=O) groups is 2. The van der Waals surface area contributed by atoms with Crippen LogP contribution >= 0.6 is 0 Å². The fraction of sp³-hybridized carbons (Fsp3) is 0.633. The first-order valence-corrected chi connectivity index (χ1v) is 14.8. The van der Waals surface area contributed by atoms with Gasteiger partial charge in [0.2, 0.25) is 5.65 Å². The van der Waals surface area contributed by atoms with Gasteiger partial charge in [0.25, 0.3) is 0 Å². The van der Waals surface area contributed by atoms with Crippen molar-refractivity contribution in [3.05, 3.63) is 24.0 Å². The molecule has 11 heteroatoms. The van der Waals surface area contributed by atoms with Crippen LogP contribution in [0.15, 0.2) is 18.2 Å². The van der Waals surface area contributed by atoms with E-state index >= 15 is 0 Å². The van der Waals surface area contributed by atoms with E-state index in [2.05, 4.69) is 57.8 Å². The maximum Gasteiger partial charge on any atom is 0.407 e. The van der Waals surface area contributed by atoms with Crippen molar-refractivity contribution in [3.63, 3.8) is 0 Å². The molecule has 0 radical (unpaired) electrons. The predicted octanol–water partition coefficient (Wildman–Crippen LogP) is 4.90. The van der Waals surface area contributed by atoms with Gasteiger partial charge in [0.1, 0.15) is 5.82 Å². The summed E-state index contributed by atoms with van der Waals surface area (Å²) >= 11 is 0. The van der Waals surface area contributed by atoms with Crippen LogP contribution in [-0.4, -0.2) is 75.4 Å². The molecule has 3 aromatic rings. The molecule has 41 heavy (non-hydrogen) atoms. The van der Waals surface area contributed by atoms with Crippen molar-refractivity contribution in [1.29, 1.82) is 0 Å². The van der Waals surface area contributed by atoms with Crippen LogP contribution in [0.1, 0.15) is 73.1 Å². The molecule has 224 valence electrons. The number of carbonyl (C=O) groups excluding carboxylic acids is 2. The van der Waals surface area contributed by atoms with E-state index in [0.29, 0.717) is 24.4 Å². The number of nitrogens with zero attached hydrogens (tertiary/aromatic N) is 5. The van der Waals surface area contributed by atoms with Gasteiger partial charge in [0.05, 0.1) is 35.4 Å². The van der Waals surface area contributed by atoms with Crippen LogP contribution in [0.5, 0.6) is 0 Å². The fourth-order valence-electron chi connectivity index (χ4n) is 5.43. The largest absolute Gasteiger partial charge is 0.447 e. The van der Waals surface area contributed by atoms with Crippen molar-refractivity contribution >= 4 is 40.1 Å². The molecule has 0 aliphatic carbocycles. The minimum Gasteiger partial charge on any atom is -0.447 e. The van der Waals surface area contributed by atoms with E-state index in [1.54, 1.807) is 13.8 Å². The average molecular weight is 568 g/mol. The Labute approximate surface area is 242 Å². The molecule has 1 aromatic carbocycles. The Morgan fingerprint density at radius 3 is 2.49 bits per heavy atom. The van der Waals surface area contributed by atoms with Gasteiger partial charge in [-0.25, -0.2) is 9.78 Å². The number of anilines is 2. The Morgan fingerprint density at radius 1 is 1.07 bits per heavy atom. The highest BCUT2D eigenvalue weighted by Crippen LogP contribution is 2.27. The lowest BCUT2D eigenvalue weighted by atomic mass is 9.96. The first-order chi connectivity index (χ1) is 19.5. The number of hydrogen-bond acceptors (Lipinski definition) is 9. The Hall–Kier alpha value is -3.47. The van der Waals surface area contributed by atoms with Crippen LogP contribution in [0.25, 0.3) is 16.7 Å². The van der Waals surface area contributed by atoms with Crippen LogP contribution in [0, 0.1) is 12.8 Å². The van der Waals surface area contributed by atoms with Gasteiger partial charge in [0, 0.05) is 31.7 Å². The van der Waals surface area contributed by atoms with Gasteiger partial charge in [-0.05, 0) is 71.6 Å².